The fraction of sp³-hybridized carbons (Fsp3) is 0.700. The second kappa shape index (κ2) is 3.92. The first-order valence-corrected chi connectivity index (χ1v) is 5.93. The number of carbonyl (C=O) groups excluding carboxylic acids is 1. The Bertz CT molecular complexity index is 504. The highest BCUT2D eigenvalue weighted by atomic mass is 19.4. The van der Waals surface area contributed by atoms with Crippen molar-refractivity contribution >= 4 is 5.91 Å². The Kier molecular flexibility index (Phi) is 2.56. The van der Waals surface area contributed by atoms with Crippen LogP contribution in [0.1, 0.15) is 29.4 Å². The van der Waals surface area contributed by atoms with Gasteiger partial charge in [0.1, 0.15) is 5.54 Å². The molecule has 0 aromatic carbocycles. The van der Waals surface area contributed by atoms with Crippen molar-refractivity contribution in [2.45, 2.75) is 30.6 Å². The molecule has 0 unspecified atom stereocenters. The highest BCUT2D eigenvalue weighted by Crippen LogP contribution is 2.48. The van der Waals surface area contributed by atoms with Crippen molar-refractivity contribution in [3.63, 3.8) is 0 Å². The molecule has 1 aromatic rings. The van der Waals surface area contributed by atoms with Gasteiger partial charge in [0.25, 0.3) is 5.91 Å². The fourth-order valence-corrected chi connectivity index (χ4v) is 1.91. The van der Waals surface area contributed by atoms with E-state index in [1.165, 1.54) is 10.9 Å². The lowest BCUT2D eigenvalue weighted by Gasteiger charge is -2.26. The van der Waals surface area contributed by atoms with Crippen molar-refractivity contribution in [1.82, 2.24) is 25.6 Å². The molecule has 2 aliphatic rings. The maximum atomic E-state index is 12.7. The number of hydrogen-bond donors (Lipinski definition) is 2. The summed E-state index contributed by atoms with van der Waals surface area (Å²) in [5.74, 6) is -0.826. The molecule has 0 radical (unpaired) electrons. The zero-order valence-electron chi connectivity index (χ0n) is 9.87. The molecule has 1 amide bonds. The topological polar surface area (TPSA) is 71.8 Å². The first-order chi connectivity index (χ1) is 8.91. The molecule has 1 aliphatic heterocycles. The monoisotopic (exact) mass is 275 g/mol. The molecule has 1 aliphatic carbocycles. The molecular formula is C10H12F3N5O. The highest BCUT2D eigenvalue weighted by Gasteiger charge is 2.64. The summed E-state index contributed by atoms with van der Waals surface area (Å²) < 4.78 is 39.6. The molecule has 1 aromatic heterocycles. The highest BCUT2D eigenvalue weighted by molar-refractivity contribution is 5.92. The first-order valence-electron chi connectivity index (χ1n) is 5.93. The molecule has 1 saturated heterocycles. The van der Waals surface area contributed by atoms with E-state index in [2.05, 4.69) is 15.6 Å². The number of amides is 1. The molecule has 1 saturated carbocycles. The zero-order chi connectivity index (χ0) is 13.7. The summed E-state index contributed by atoms with van der Waals surface area (Å²) in [6.07, 6.45) is -3.20. The Labute approximate surface area is 106 Å². The Hall–Kier alpha value is -1.64. The van der Waals surface area contributed by atoms with Crippen molar-refractivity contribution in [2.75, 3.05) is 13.1 Å². The molecule has 2 fully saturated rings. The summed E-state index contributed by atoms with van der Waals surface area (Å²) in [5.41, 5.74) is -2.14. The Balaban J connectivity index is 1.69. The average Bonchev–Trinajstić information content (AvgIpc) is 2.86. The van der Waals surface area contributed by atoms with Crippen LogP contribution in [0, 0.1) is 0 Å². The standard InChI is InChI=1S/C10H12F3N5O/c11-10(12,13)9(1-2-9)15-8(19)7-5-18(17-16-7)6-3-14-4-6/h5-6,14H,1-4H2,(H,15,19). The van der Waals surface area contributed by atoms with E-state index >= 15 is 0 Å². The van der Waals surface area contributed by atoms with Gasteiger partial charge in [-0.25, -0.2) is 4.68 Å². The van der Waals surface area contributed by atoms with Crippen molar-refractivity contribution in [3.8, 4) is 0 Å². The van der Waals surface area contributed by atoms with Gasteiger partial charge in [-0.15, -0.1) is 5.10 Å². The van der Waals surface area contributed by atoms with Crippen molar-refractivity contribution in [3.05, 3.63) is 11.9 Å². The van der Waals surface area contributed by atoms with Crippen molar-refractivity contribution in [1.29, 1.82) is 0 Å². The summed E-state index contributed by atoms with van der Waals surface area (Å²) in [5, 5.41) is 12.4. The van der Waals surface area contributed by atoms with Gasteiger partial charge >= 0.3 is 6.18 Å². The number of halogens is 3. The predicted octanol–water partition coefficient (Wildman–Crippen LogP) is 0.247. The Morgan fingerprint density at radius 1 is 1.47 bits per heavy atom. The smallest absolute Gasteiger partial charge is 0.336 e. The lowest BCUT2D eigenvalue weighted by atomic mass is 10.2. The number of nitrogens with one attached hydrogen (secondary N) is 2. The summed E-state index contributed by atoms with van der Waals surface area (Å²) in [7, 11) is 0. The third-order valence-electron chi connectivity index (χ3n) is 3.52. The second-order valence-electron chi connectivity index (χ2n) is 4.93. The van der Waals surface area contributed by atoms with E-state index in [1.54, 1.807) is 0 Å². The third kappa shape index (κ3) is 2.07. The van der Waals surface area contributed by atoms with Gasteiger partial charge in [0.05, 0.1) is 12.2 Å². The molecule has 3 rings (SSSR count). The lowest BCUT2D eigenvalue weighted by molar-refractivity contribution is -0.163. The Morgan fingerprint density at radius 2 is 2.16 bits per heavy atom. The summed E-state index contributed by atoms with van der Waals surface area (Å²) in [6.45, 7) is 1.44. The molecule has 2 heterocycles. The summed E-state index contributed by atoms with van der Waals surface area (Å²) in [6, 6.07) is 0.117. The van der Waals surface area contributed by atoms with E-state index in [-0.39, 0.29) is 24.6 Å². The molecule has 9 heteroatoms. The minimum absolute atomic E-state index is 0.0804. The first kappa shape index (κ1) is 12.4. The van der Waals surface area contributed by atoms with Crippen molar-refractivity contribution in [2.24, 2.45) is 0 Å². The molecule has 2 N–H and O–H groups in total. The molecule has 19 heavy (non-hydrogen) atoms. The van der Waals surface area contributed by atoms with Gasteiger partial charge in [-0.3, -0.25) is 4.79 Å². The van der Waals surface area contributed by atoms with Crippen LogP contribution in [0.25, 0.3) is 0 Å². The van der Waals surface area contributed by atoms with Gasteiger partial charge in [0, 0.05) is 13.1 Å². The number of nitrogens with zero attached hydrogens (tertiary/aromatic N) is 3. The zero-order valence-corrected chi connectivity index (χ0v) is 9.87. The molecule has 104 valence electrons. The molecular weight excluding hydrogens is 263 g/mol. The van der Waals surface area contributed by atoms with Crippen LogP contribution in [-0.2, 0) is 0 Å². The average molecular weight is 275 g/mol. The maximum absolute atomic E-state index is 12.7. The van der Waals surface area contributed by atoms with Crippen LogP contribution in [0.4, 0.5) is 13.2 Å². The van der Waals surface area contributed by atoms with Crippen LogP contribution in [0.5, 0.6) is 0 Å². The van der Waals surface area contributed by atoms with E-state index in [9.17, 15) is 18.0 Å². The molecule has 0 spiro atoms. The van der Waals surface area contributed by atoms with Crippen LogP contribution in [0.2, 0.25) is 0 Å². The van der Waals surface area contributed by atoms with Crippen molar-refractivity contribution < 1.29 is 18.0 Å². The number of rotatable bonds is 3. The van der Waals surface area contributed by atoms with Gasteiger partial charge in [-0.1, -0.05) is 5.21 Å². The van der Waals surface area contributed by atoms with Crippen LogP contribution in [-0.4, -0.2) is 45.7 Å². The van der Waals surface area contributed by atoms with E-state index < -0.39 is 17.6 Å². The lowest BCUT2D eigenvalue weighted by Crippen LogP contribution is -2.48. The minimum atomic E-state index is -4.42. The maximum Gasteiger partial charge on any atom is 0.411 e. The van der Waals surface area contributed by atoms with Crippen LogP contribution < -0.4 is 10.6 Å². The number of aromatic nitrogens is 3. The third-order valence-corrected chi connectivity index (χ3v) is 3.52. The van der Waals surface area contributed by atoms with Crippen LogP contribution in [0.3, 0.4) is 0 Å². The largest absolute Gasteiger partial charge is 0.411 e. The normalized spacial score (nSPS) is 21.8. The van der Waals surface area contributed by atoms with E-state index in [1.807, 2.05) is 5.32 Å². The van der Waals surface area contributed by atoms with Gasteiger partial charge in [0.2, 0.25) is 0 Å². The second-order valence-corrected chi connectivity index (χ2v) is 4.93. The van der Waals surface area contributed by atoms with Gasteiger partial charge in [-0.2, -0.15) is 13.2 Å². The fourth-order valence-electron chi connectivity index (χ4n) is 1.91. The number of hydrogen-bond acceptors (Lipinski definition) is 4. The van der Waals surface area contributed by atoms with Crippen LogP contribution >= 0.6 is 0 Å². The Morgan fingerprint density at radius 3 is 2.63 bits per heavy atom. The SMILES string of the molecule is O=C(NC1(C(F)(F)F)CC1)c1cn(C2CNC2)nn1. The van der Waals surface area contributed by atoms with Crippen LogP contribution in [0.15, 0.2) is 6.20 Å². The molecule has 0 bridgehead atoms. The minimum Gasteiger partial charge on any atom is -0.336 e. The van der Waals surface area contributed by atoms with Gasteiger partial charge in [-0.05, 0) is 12.8 Å². The summed E-state index contributed by atoms with van der Waals surface area (Å²) >= 11 is 0. The number of alkyl halides is 3. The van der Waals surface area contributed by atoms with Gasteiger partial charge < -0.3 is 10.6 Å². The predicted molar refractivity (Wildman–Crippen MR) is 57.4 cm³/mol. The quantitative estimate of drug-likeness (QED) is 0.829. The van der Waals surface area contributed by atoms with E-state index in [0.29, 0.717) is 0 Å². The van der Waals surface area contributed by atoms with E-state index in [4.69, 9.17) is 0 Å². The van der Waals surface area contributed by atoms with Gasteiger partial charge in [0.15, 0.2) is 5.69 Å². The number of carbonyl (C=O) groups is 1. The van der Waals surface area contributed by atoms with E-state index in [0.717, 1.165) is 13.1 Å². The molecule has 0 atom stereocenters. The molecule has 6 nitrogen and oxygen atoms in total. The summed E-state index contributed by atoms with van der Waals surface area (Å²) in [4.78, 5) is 11.7.